The number of aromatic nitrogens is 1. The predicted molar refractivity (Wildman–Crippen MR) is 125 cm³/mol. The first-order valence-corrected chi connectivity index (χ1v) is 13.7. The van der Waals surface area contributed by atoms with Crippen LogP contribution in [-0.2, 0) is 14.8 Å². The van der Waals surface area contributed by atoms with Crippen molar-refractivity contribution in [1.29, 1.82) is 0 Å². The quantitative estimate of drug-likeness (QED) is 0.701. The van der Waals surface area contributed by atoms with Gasteiger partial charge < -0.3 is 15.0 Å². The zero-order valence-corrected chi connectivity index (χ0v) is 19.9. The maximum absolute atomic E-state index is 13.0. The zero-order chi connectivity index (χ0) is 22.0. The summed E-state index contributed by atoms with van der Waals surface area (Å²) in [5, 5.41) is 4.43. The number of rotatable bonds is 5. The number of anilines is 2. The lowest BCUT2D eigenvalue weighted by atomic mass is 10.2. The molecular weight excluding hydrogens is 456 g/mol. The van der Waals surface area contributed by atoms with E-state index in [9.17, 15) is 13.2 Å². The van der Waals surface area contributed by atoms with E-state index in [1.165, 1.54) is 10.4 Å². The minimum absolute atomic E-state index is 0.0720. The summed E-state index contributed by atoms with van der Waals surface area (Å²) < 4.78 is 33.2. The first-order chi connectivity index (χ1) is 14.8. The number of thiophene rings is 1. The second-order valence-corrected chi connectivity index (χ2v) is 11.7. The van der Waals surface area contributed by atoms with E-state index >= 15 is 0 Å². The topological polar surface area (TPSA) is 91.8 Å². The van der Waals surface area contributed by atoms with Crippen LogP contribution in [0, 0.1) is 0 Å². The monoisotopic (exact) mass is 482 g/mol. The Morgan fingerprint density at radius 1 is 1.16 bits per heavy atom. The fourth-order valence-corrected chi connectivity index (χ4v) is 7.66. The summed E-state index contributed by atoms with van der Waals surface area (Å²) in [4.78, 5) is 19.8. The van der Waals surface area contributed by atoms with Gasteiger partial charge >= 0.3 is 0 Å². The Morgan fingerprint density at radius 2 is 1.87 bits per heavy atom. The molecule has 4 heterocycles. The summed E-state index contributed by atoms with van der Waals surface area (Å²) in [6.07, 6.45) is 1.85. The molecule has 0 spiro atoms. The Morgan fingerprint density at radius 3 is 2.52 bits per heavy atom. The van der Waals surface area contributed by atoms with Gasteiger partial charge in [-0.15, -0.1) is 11.3 Å². The van der Waals surface area contributed by atoms with Crippen molar-refractivity contribution in [2.45, 2.75) is 31.0 Å². The lowest BCUT2D eigenvalue weighted by Crippen LogP contribution is -2.45. The molecule has 0 radical (unpaired) electrons. The number of nitrogens with one attached hydrogen (secondary N) is 1. The van der Waals surface area contributed by atoms with Gasteiger partial charge in [-0.1, -0.05) is 0 Å². The molecule has 168 valence electrons. The van der Waals surface area contributed by atoms with Gasteiger partial charge in [0.1, 0.15) is 15.6 Å². The average molecular weight is 483 g/mol. The van der Waals surface area contributed by atoms with Gasteiger partial charge in [-0.25, -0.2) is 13.4 Å². The number of carbonyl (C=O) groups excluding carboxylic acids is 1. The number of amides is 1. The fraction of sp³-hybridized carbons (Fsp3) is 0.500. The number of ether oxygens (including phenoxy) is 1. The van der Waals surface area contributed by atoms with E-state index in [0.717, 1.165) is 41.7 Å². The van der Waals surface area contributed by atoms with Crippen molar-refractivity contribution >= 4 is 50.5 Å². The van der Waals surface area contributed by atoms with Crippen molar-refractivity contribution in [3.8, 4) is 0 Å². The highest BCUT2D eigenvalue weighted by molar-refractivity contribution is 7.99. The molecule has 0 aromatic carbocycles. The van der Waals surface area contributed by atoms with E-state index in [0.29, 0.717) is 18.8 Å². The third-order valence-electron chi connectivity index (χ3n) is 5.17. The van der Waals surface area contributed by atoms with E-state index < -0.39 is 15.9 Å². The third kappa shape index (κ3) is 5.06. The molecule has 8 nitrogen and oxygen atoms in total. The molecule has 4 rings (SSSR count). The van der Waals surface area contributed by atoms with Gasteiger partial charge in [0.15, 0.2) is 0 Å². The van der Waals surface area contributed by atoms with Crippen LogP contribution in [0.25, 0.3) is 0 Å². The maximum Gasteiger partial charge on any atom is 0.267 e. The second kappa shape index (κ2) is 9.45. The summed E-state index contributed by atoms with van der Waals surface area (Å²) in [6, 6.07) is 5.16. The molecule has 0 saturated carbocycles. The summed E-state index contributed by atoms with van der Waals surface area (Å²) in [6.45, 7) is 6.52. The Labute approximate surface area is 191 Å². The first-order valence-electron chi connectivity index (χ1n) is 10.2. The van der Waals surface area contributed by atoms with Gasteiger partial charge in [-0.3, -0.25) is 4.79 Å². The molecule has 2 unspecified atom stereocenters. The molecule has 0 bridgehead atoms. The summed E-state index contributed by atoms with van der Waals surface area (Å²) >= 11 is 2.86. The second-order valence-electron chi connectivity index (χ2n) is 7.65. The van der Waals surface area contributed by atoms with Crippen molar-refractivity contribution in [2.75, 3.05) is 47.9 Å². The molecule has 2 aromatic heterocycles. The molecule has 11 heteroatoms. The van der Waals surface area contributed by atoms with Crippen LogP contribution in [0.5, 0.6) is 0 Å². The van der Waals surface area contributed by atoms with Crippen molar-refractivity contribution < 1.29 is 17.9 Å². The highest BCUT2D eigenvalue weighted by Crippen LogP contribution is 2.28. The summed E-state index contributed by atoms with van der Waals surface area (Å²) in [5.41, 5.74) is 0.522. The zero-order valence-electron chi connectivity index (χ0n) is 17.5. The summed E-state index contributed by atoms with van der Waals surface area (Å²) in [7, 11) is -3.68. The predicted octanol–water partition coefficient (Wildman–Crippen LogP) is 2.75. The normalized spacial score (nSPS) is 23.0. The van der Waals surface area contributed by atoms with Crippen LogP contribution in [0.4, 0.5) is 11.5 Å². The Kier molecular flexibility index (Phi) is 6.87. The van der Waals surface area contributed by atoms with E-state index in [1.807, 2.05) is 19.9 Å². The van der Waals surface area contributed by atoms with Gasteiger partial charge in [-0.2, -0.15) is 16.1 Å². The van der Waals surface area contributed by atoms with Crippen molar-refractivity contribution in [3.63, 3.8) is 0 Å². The van der Waals surface area contributed by atoms with Crippen molar-refractivity contribution in [3.05, 3.63) is 34.7 Å². The van der Waals surface area contributed by atoms with E-state index in [2.05, 4.69) is 15.2 Å². The van der Waals surface area contributed by atoms with Crippen LogP contribution in [0.3, 0.4) is 0 Å². The average Bonchev–Trinajstić information content (AvgIpc) is 3.25. The highest BCUT2D eigenvalue weighted by Gasteiger charge is 2.31. The molecule has 1 N–H and O–H groups in total. The molecule has 2 fully saturated rings. The van der Waals surface area contributed by atoms with Crippen LogP contribution >= 0.6 is 23.1 Å². The van der Waals surface area contributed by atoms with Crippen LogP contribution in [0.1, 0.15) is 23.5 Å². The molecule has 2 aliphatic heterocycles. The van der Waals surface area contributed by atoms with Crippen molar-refractivity contribution in [1.82, 2.24) is 9.29 Å². The van der Waals surface area contributed by atoms with Gasteiger partial charge in [0.2, 0.25) is 10.0 Å². The minimum Gasteiger partial charge on any atom is -0.372 e. The SMILES string of the molecule is CC1CN(c2ccc(NC(=O)c3sccc3S(=O)(=O)N3CCSCC3)cn2)CC(C)O1. The molecule has 2 atom stereocenters. The number of sulfonamides is 1. The number of nitrogens with zero attached hydrogens (tertiary/aromatic N) is 3. The number of thioether (sulfide) groups is 1. The van der Waals surface area contributed by atoms with Gasteiger partial charge in [0.25, 0.3) is 5.91 Å². The largest absolute Gasteiger partial charge is 0.372 e. The smallest absolute Gasteiger partial charge is 0.267 e. The Bertz CT molecular complexity index is 1010. The molecular formula is C20H26N4O4S3. The number of hydrogen-bond donors (Lipinski definition) is 1. The number of hydrogen-bond acceptors (Lipinski definition) is 8. The van der Waals surface area contributed by atoms with Crippen LogP contribution in [0.15, 0.2) is 34.7 Å². The van der Waals surface area contributed by atoms with Crippen LogP contribution in [-0.4, -0.2) is 73.5 Å². The van der Waals surface area contributed by atoms with Crippen LogP contribution < -0.4 is 10.2 Å². The van der Waals surface area contributed by atoms with E-state index in [1.54, 1.807) is 29.4 Å². The molecule has 0 aliphatic carbocycles. The molecule has 1 amide bonds. The van der Waals surface area contributed by atoms with E-state index in [4.69, 9.17) is 4.74 Å². The van der Waals surface area contributed by atoms with Gasteiger partial charge in [-0.05, 0) is 37.4 Å². The molecule has 2 aromatic rings. The highest BCUT2D eigenvalue weighted by atomic mass is 32.2. The van der Waals surface area contributed by atoms with E-state index in [-0.39, 0.29) is 22.0 Å². The lowest BCUT2D eigenvalue weighted by molar-refractivity contribution is -0.00545. The number of carbonyl (C=O) groups is 1. The Balaban J connectivity index is 1.46. The number of pyridine rings is 1. The molecule has 2 aliphatic rings. The summed E-state index contributed by atoms with van der Waals surface area (Å²) in [5.74, 6) is 1.92. The minimum atomic E-state index is -3.68. The van der Waals surface area contributed by atoms with Gasteiger partial charge in [0.05, 0.1) is 24.1 Å². The Hall–Kier alpha value is -1.66. The van der Waals surface area contributed by atoms with Crippen LogP contribution in [0.2, 0.25) is 0 Å². The third-order valence-corrected chi connectivity index (χ3v) is 9.10. The first kappa shape index (κ1) is 22.5. The van der Waals surface area contributed by atoms with Gasteiger partial charge in [0, 0.05) is 37.7 Å². The number of morpholine rings is 1. The lowest BCUT2D eigenvalue weighted by Gasteiger charge is -2.36. The standard InChI is InChI=1S/C20H26N4O4S3/c1-14-12-23(13-15(2)28-14)18-4-3-16(11-21-18)22-20(25)19-17(5-8-30-19)31(26,27)24-6-9-29-10-7-24/h3-5,8,11,14-15H,6-7,9-10,12-13H2,1-2H3,(H,22,25). The fourth-order valence-electron chi connectivity index (χ4n) is 3.79. The maximum atomic E-state index is 13.0. The van der Waals surface area contributed by atoms with Crippen molar-refractivity contribution in [2.24, 2.45) is 0 Å². The molecule has 2 saturated heterocycles. The molecule has 31 heavy (non-hydrogen) atoms.